The molecule has 0 aliphatic heterocycles. The van der Waals surface area contributed by atoms with Crippen LogP contribution in [0.4, 0.5) is 0 Å². The minimum absolute atomic E-state index is 0.0649. The Morgan fingerprint density at radius 3 is 2.50 bits per heavy atom. The van der Waals surface area contributed by atoms with E-state index in [-0.39, 0.29) is 17.2 Å². The van der Waals surface area contributed by atoms with Gasteiger partial charge in [0, 0.05) is 0 Å². The van der Waals surface area contributed by atoms with Gasteiger partial charge < -0.3 is 0 Å². The lowest BCUT2D eigenvalue weighted by Gasteiger charge is -2.13. The van der Waals surface area contributed by atoms with Gasteiger partial charge in [-0.2, -0.15) is 5.10 Å². The molecule has 6 nitrogen and oxygen atoms in total. The molecule has 34 heavy (non-hydrogen) atoms. The third-order valence-corrected chi connectivity index (χ3v) is 5.96. The Morgan fingerprint density at radius 1 is 1.03 bits per heavy atom. The van der Waals surface area contributed by atoms with Gasteiger partial charge in [-0.15, -0.1) is 0 Å². The monoisotopic (exact) mass is 468 g/mol. The van der Waals surface area contributed by atoms with Gasteiger partial charge in [-0.05, 0) is 49.2 Å². The number of amides is 1. The van der Waals surface area contributed by atoms with Crippen molar-refractivity contribution in [1.29, 1.82) is 0 Å². The molecule has 0 radical (unpaired) electrons. The molecule has 1 N–H and O–H groups in total. The van der Waals surface area contributed by atoms with Crippen LogP contribution in [0.3, 0.4) is 0 Å². The summed E-state index contributed by atoms with van der Waals surface area (Å²) in [7, 11) is 0. The lowest BCUT2D eigenvalue weighted by molar-refractivity contribution is -0.118. The largest absolute Gasteiger partial charge is 0.272 e. The number of para-hydroxylation sites is 1. The van der Waals surface area contributed by atoms with Crippen LogP contribution in [0.2, 0.25) is 0 Å². The number of hydrogen-bond donors (Lipinski definition) is 1. The zero-order chi connectivity index (χ0) is 23.9. The summed E-state index contributed by atoms with van der Waals surface area (Å²) in [4.78, 5) is 30.3. The maximum absolute atomic E-state index is 13.3. The van der Waals surface area contributed by atoms with Gasteiger partial charge in [0.25, 0.3) is 11.5 Å². The van der Waals surface area contributed by atoms with Crippen molar-refractivity contribution in [2.24, 2.45) is 5.10 Å². The second kappa shape index (κ2) is 10.8. The zero-order valence-corrected chi connectivity index (χ0v) is 19.8. The van der Waals surface area contributed by atoms with Crippen LogP contribution in [0.15, 0.2) is 99.5 Å². The highest BCUT2D eigenvalue weighted by Gasteiger charge is 2.14. The van der Waals surface area contributed by atoms with E-state index in [0.717, 1.165) is 16.7 Å². The first-order chi connectivity index (χ1) is 16.5. The van der Waals surface area contributed by atoms with E-state index in [1.165, 1.54) is 11.8 Å². The lowest BCUT2D eigenvalue weighted by atomic mass is 10.1. The number of rotatable bonds is 7. The van der Waals surface area contributed by atoms with E-state index in [1.54, 1.807) is 22.9 Å². The summed E-state index contributed by atoms with van der Waals surface area (Å²) in [6.45, 7) is 3.90. The van der Waals surface area contributed by atoms with E-state index < -0.39 is 0 Å². The van der Waals surface area contributed by atoms with Gasteiger partial charge >= 0.3 is 0 Å². The van der Waals surface area contributed by atoms with Crippen LogP contribution >= 0.6 is 11.8 Å². The third-order valence-electron chi connectivity index (χ3n) is 5.02. The fourth-order valence-corrected chi connectivity index (χ4v) is 4.15. The van der Waals surface area contributed by atoms with Crippen LogP contribution in [0, 0.1) is 6.92 Å². The quantitative estimate of drug-likeness (QED) is 0.179. The van der Waals surface area contributed by atoms with Crippen molar-refractivity contribution in [3.63, 3.8) is 0 Å². The van der Waals surface area contributed by atoms with Gasteiger partial charge in [-0.25, -0.2) is 10.4 Å². The molecule has 0 spiro atoms. The van der Waals surface area contributed by atoms with Crippen molar-refractivity contribution in [3.8, 4) is 5.69 Å². The van der Waals surface area contributed by atoms with E-state index in [2.05, 4.69) is 15.5 Å². The third kappa shape index (κ3) is 5.68. The van der Waals surface area contributed by atoms with Crippen molar-refractivity contribution < 1.29 is 4.79 Å². The highest BCUT2D eigenvalue weighted by atomic mass is 32.2. The molecule has 4 rings (SSSR count). The van der Waals surface area contributed by atoms with Crippen LogP contribution in [0.5, 0.6) is 0 Å². The number of nitrogens with zero attached hydrogens (tertiary/aromatic N) is 3. The number of fused-ring (bicyclic) bond motifs is 1. The molecule has 1 heterocycles. The van der Waals surface area contributed by atoms with Gasteiger partial charge in [-0.1, -0.05) is 78.0 Å². The van der Waals surface area contributed by atoms with Crippen molar-refractivity contribution >= 4 is 40.9 Å². The molecule has 0 aliphatic rings. The molecule has 0 saturated heterocycles. The Balaban J connectivity index is 1.51. The fourth-order valence-electron chi connectivity index (χ4n) is 3.35. The van der Waals surface area contributed by atoms with E-state index in [9.17, 15) is 9.59 Å². The molecule has 1 amide bonds. The molecular formula is C27H24N4O2S. The Labute approximate surface area is 202 Å². The minimum atomic E-state index is -0.286. The smallest absolute Gasteiger partial charge is 0.266 e. The Bertz CT molecular complexity index is 1420. The van der Waals surface area contributed by atoms with Gasteiger partial charge in [0.15, 0.2) is 5.16 Å². The van der Waals surface area contributed by atoms with E-state index in [4.69, 9.17) is 0 Å². The molecule has 1 aromatic heterocycles. The van der Waals surface area contributed by atoms with Crippen LogP contribution in [0.1, 0.15) is 18.1 Å². The number of benzene rings is 3. The van der Waals surface area contributed by atoms with Gasteiger partial charge in [0.05, 0.1) is 28.6 Å². The first-order valence-corrected chi connectivity index (χ1v) is 11.8. The standard InChI is InChI=1S/C27H24N4O2S/c1-19-12-14-22(15-13-19)31-26(33)23-10-6-7-11-24(23)29-27(31)34-18-25(32)30-28-17-20(2)16-21-8-4-3-5-9-21/h3-17H,18H2,1-2H3,(H,30,32). The summed E-state index contributed by atoms with van der Waals surface area (Å²) >= 11 is 1.20. The summed E-state index contributed by atoms with van der Waals surface area (Å²) in [5.74, 6) is -0.221. The molecular weight excluding hydrogens is 444 g/mol. The summed E-state index contributed by atoms with van der Waals surface area (Å²) in [6, 6.07) is 24.7. The topological polar surface area (TPSA) is 76.3 Å². The first-order valence-electron chi connectivity index (χ1n) is 10.8. The molecule has 170 valence electrons. The van der Waals surface area contributed by atoms with Crippen LogP contribution in [0.25, 0.3) is 22.7 Å². The molecule has 3 aromatic carbocycles. The molecule has 4 aromatic rings. The van der Waals surface area contributed by atoms with E-state index >= 15 is 0 Å². The van der Waals surface area contributed by atoms with Crippen molar-refractivity contribution in [2.75, 3.05) is 5.75 Å². The molecule has 7 heteroatoms. The zero-order valence-electron chi connectivity index (χ0n) is 18.9. The van der Waals surface area contributed by atoms with Crippen molar-refractivity contribution in [3.05, 3.63) is 106 Å². The van der Waals surface area contributed by atoms with E-state index in [1.807, 2.05) is 86.7 Å². The summed E-state index contributed by atoms with van der Waals surface area (Å²) < 4.78 is 1.55. The number of carbonyl (C=O) groups excluding carboxylic acids is 1. The van der Waals surface area contributed by atoms with Crippen molar-refractivity contribution in [1.82, 2.24) is 15.0 Å². The van der Waals surface area contributed by atoms with E-state index in [0.29, 0.717) is 21.7 Å². The average Bonchev–Trinajstić information content (AvgIpc) is 2.84. The predicted octanol–water partition coefficient (Wildman–Crippen LogP) is 4.99. The number of hydrazone groups is 1. The highest BCUT2D eigenvalue weighted by Crippen LogP contribution is 2.21. The maximum atomic E-state index is 13.3. The highest BCUT2D eigenvalue weighted by molar-refractivity contribution is 7.99. The normalized spacial score (nSPS) is 11.8. The number of allylic oxidation sites excluding steroid dienone is 1. The second-order valence-corrected chi connectivity index (χ2v) is 8.71. The maximum Gasteiger partial charge on any atom is 0.266 e. The number of carbonyl (C=O) groups is 1. The average molecular weight is 469 g/mol. The number of aromatic nitrogens is 2. The van der Waals surface area contributed by atoms with Gasteiger partial charge in [0.1, 0.15) is 0 Å². The Morgan fingerprint density at radius 2 is 1.74 bits per heavy atom. The molecule has 0 fully saturated rings. The van der Waals surface area contributed by atoms with Crippen LogP contribution < -0.4 is 11.0 Å². The van der Waals surface area contributed by atoms with Crippen molar-refractivity contribution in [2.45, 2.75) is 19.0 Å². The molecule has 0 bridgehead atoms. The number of nitrogens with one attached hydrogen (secondary N) is 1. The molecule has 0 aliphatic carbocycles. The predicted molar refractivity (Wildman–Crippen MR) is 140 cm³/mol. The molecule has 0 saturated carbocycles. The van der Waals surface area contributed by atoms with Gasteiger partial charge in [0.2, 0.25) is 0 Å². The van der Waals surface area contributed by atoms with Gasteiger partial charge in [-0.3, -0.25) is 14.2 Å². The first kappa shape index (κ1) is 23.2. The fraction of sp³-hybridized carbons (Fsp3) is 0.111. The van der Waals surface area contributed by atoms with Crippen LogP contribution in [-0.2, 0) is 4.79 Å². The molecule has 0 atom stereocenters. The lowest BCUT2D eigenvalue weighted by Crippen LogP contribution is -2.24. The second-order valence-electron chi connectivity index (χ2n) is 7.77. The number of thioether (sulfide) groups is 1. The summed E-state index contributed by atoms with van der Waals surface area (Å²) in [5, 5.41) is 5.02. The number of hydrogen-bond acceptors (Lipinski definition) is 5. The minimum Gasteiger partial charge on any atom is -0.272 e. The summed E-state index contributed by atoms with van der Waals surface area (Å²) in [5.41, 5.74) is 6.73. The summed E-state index contributed by atoms with van der Waals surface area (Å²) in [6.07, 6.45) is 3.58. The number of aryl methyl sites for hydroxylation is 1. The van der Waals surface area contributed by atoms with Crippen LogP contribution in [-0.4, -0.2) is 27.4 Å². The Hall–Kier alpha value is -3.97. The SMILES string of the molecule is CC(C=NNC(=O)CSc1nc2ccccc2c(=O)n1-c1ccc(C)cc1)=Cc1ccccc1. The molecule has 0 unspecified atom stereocenters. The Kier molecular flexibility index (Phi) is 7.34.